The van der Waals surface area contributed by atoms with E-state index < -0.39 is 11.6 Å². The molecule has 0 bridgehead atoms. The number of anilines is 1. The highest BCUT2D eigenvalue weighted by atomic mass is 16.6. The van der Waals surface area contributed by atoms with Crippen LogP contribution in [0.5, 0.6) is 0 Å². The molecule has 0 saturated carbocycles. The van der Waals surface area contributed by atoms with Gasteiger partial charge in [0.25, 0.3) is 0 Å². The third kappa shape index (κ3) is 5.79. The number of rotatable bonds is 5. The molecule has 1 amide bonds. The molecule has 2 aromatic rings. The maximum Gasteiger partial charge on any atom is 0.340 e. The highest BCUT2D eigenvalue weighted by Crippen LogP contribution is 2.13. The Morgan fingerprint density at radius 2 is 1.83 bits per heavy atom. The molecule has 0 aliphatic heterocycles. The average Bonchev–Trinajstić information content (AvgIpc) is 2.53. The van der Waals surface area contributed by atoms with E-state index in [-0.39, 0.29) is 5.91 Å². The number of hydrogen-bond acceptors (Lipinski definition) is 5. The van der Waals surface area contributed by atoms with Gasteiger partial charge in [-0.1, -0.05) is 0 Å². The van der Waals surface area contributed by atoms with Crippen molar-refractivity contribution in [3.8, 4) is 0 Å². The average molecular weight is 327 g/mol. The van der Waals surface area contributed by atoms with Crippen molar-refractivity contribution in [3.63, 3.8) is 0 Å². The molecule has 0 radical (unpaired) electrons. The van der Waals surface area contributed by atoms with Gasteiger partial charge >= 0.3 is 5.97 Å². The van der Waals surface area contributed by atoms with Gasteiger partial charge in [-0.2, -0.15) is 0 Å². The van der Waals surface area contributed by atoms with E-state index >= 15 is 0 Å². The summed E-state index contributed by atoms with van der Waals surface area (Å²) < 4.78 is 5.26. The molecule has 0 spiro atoms. The lowest BCUT2D eigenvalue weighted by Gasteiger charge is -2.19. The number of pyridine rings is 2. The number of amides is 1. The van der Waals surface area contributed by atoms with Crippen LogP contribution in [-0.2, 0) is 16.0 Å². The van der Waals surface area contributed by atoms with E-state index in [1.54, 1.807) is 45.3 Å². The van der Waals surface area contributed by atoms with Crippen LogP contribution < -0.4 is 5.32 Å². The highest BCUT2D eigenvalue weighted by Gasteiger charge is 2.18. The molecule has 2 rings (SSSR count). The van der Waals surface area contributed by atoms with Gasteiger partial charge in [-0.25, -0.2) is 9.78 Å². The maximum atomic E-state index is 11.9. The number of hydrogen-bond donors (Lipinski definition) is 1. The van der Waals surface area contributed by atoms with Crippen LogP contribution in [-0.4, -0.2) is 27.4 Å². The molecule has 6 heteroatoms. The topological polar surface area (TPSA) is 81.2 Å². The number of nitrogens with zero attached hydrogens (tertiary/aromatic N) is 2. The molecular formula is C18H21N3O3. The molecule has 1 N–H and O–H groups in total. The van der Waals surface area contributed by atoms with Gasteiger partial charge in [0, 0.05) is 25.0 Å². The summed E-state index contributed by atoms with van der Waals surface area (Å²) in [7, 11) is 0. The lowest BCUT2D eigenvalue weighted by molar-refractivity contribution is -0.116. The lowest BCUT2D eigenvalue weighted by Crippen LogP contribution is -2.24. The van der Waals surface area contributed by atoms with Gasteiger partial charge in [-0.05, 0) is 57.0 Å². The van der Waals surface area contributed by atoms with E-state index in [0.29, 0.717) is 24.2 Å². The molecule has 0 fully saturated rings. The summed E-state index contributed by atoms with van der Waals surface area (Å²) in [5.74, 6) is -0.170. The van der Waals surface area contributed by atoms with Crippen molar-refractivity contribution in [1.29, 1.82) is 0 Å². The first-order valence-corrected chi connectivity index (χ1v) is 7.72. The van der Waals surface area contributed by atoms with E-state index in [4.69, 9.17) is 4.74 Å². The van der Waals surface area contributed by atoms with Crippen molar-refractivity contribution < 1.29 is 14.3 Å². The molecule has 126 valence electrons. The molecule has 24 heavy (non-hydrogen) atoms. The first kappa shape index (κ1) is 17.6. The van der Waals surface area contributed by atoms with Crippen molar-refractivity contribution in [2.24, 2.45) is 0 Å². The fourth-order valence-electron chi connectivity index (χ4n) is 1.94. The fourth-order valence-corrected chi connectivity index (χ4v) is 1.94. The second kappa shape index (κ2) is 7.68. The molecule has 2 aromatic heterocycles. The fraction of sp³-hybridized carbons (Fsp3) is 0.333. The standard InChI is InChI=1S/C18H21N3O3/c1-18(2,3)24-17(23)14-5-6-15(20-12-14)21-16(22)7-4-13-8-10-19-11-9-13/h5-6,8-12H,4,7H2,1-3H3,(H,20,21,22). The van der Waals surface area contributed by atoms with Crippen LogP contribution in [0.25, 0.3) is 0 Å². The summed E-state index contributed by atoms with van der Waals surface area (Å²) in [6.45, 7) is 5.40. The Labute approximate surface area is 141 Å². The zero-order valence-electron chi connectivity index (χ0n) is 14.1. The number of carbonyl (C=O) groups excluding carboxylic acids is 2. The van der Waals surface area contributed by atoms with E-state index in [9.17, 15) is 9.59 Å². The van der Waals surface area contributed by atoms with Gasteiger partial charge in [0.2, 0.25) is 5.91 Å². The largest absolute Gasteiger partial charge is 0.456 e. The van der Waals surface area contributed by atoms with Crippen molar-refractivity contribution in [1.82, 2.24) is 9.97 Å². The van der Waals surface area contributed by atoms with Crippen molar-refractivity contribution in [2.75, 3.05) is 5.32 Å². The van der Waals surface area contributed by atoms with E-state index in [2.05, 4.69) is 15.3 Å². The summed E-state index contributed by atoms with van der Waals surface area (Å²) in [5.41, 5.74) is 0.838. The second-order valence-corrected chi connectivity index (χ2v) is 6.34. The maximum absolute atomic E-state index is 11.9. The van der Waals surface area contributed by atoms with Crippen molar-refractivity contribution in [3.05, 3.63) is 54.0 Å². The van der Waals surface area contributed by atoms with Gasteiger partial charge < -0.3 is 10.1 Å². The Morgan fingerprint density at radius 3 is 2.42 bits per heavy atom. The highest BCUT2D eigenvalue weighted by molar-refractivity contribution is 5.92. The van der Waals surface area contributed by atoms with Gasteiger partial charge in [0.15, 0.2) is 0 Å². The van der Waals surface area contributed by atoms with Crippen molar-refractivity contribution >= 4 is 17.7 Å². The number of ether oxygens (including phenoxy) is 1. The minimum absolute atomic E-state index is 0.135. The summed E-state index contributed by atoms with van der Waals surface area (Å²) in [6.07, 6.45) is 5.77. The normalized spacial score (nSPS) is 11.0. The summed E-state index contributed by atoms with van der Waals surface area (Å²) in [4.78, 5) is 31.9. The predicted molar refractivity (Wildman–Crippen MR) is 90.6 cm³/mol. The van der Waals surface area contributed by atoms with Crippen LogP contribution in [0.3, 0.4) is 0 Å². The van der Waals surface area contributed by atoms with Gasteiger partial charge in [0.05, 0.1) is 5.56 Å². The third-order valence-corrected chi connectivity index (χ3v) is 3.06. The molecule has 6 nitrogen and oxygen atoms in total. The second-order valence-electron chi connectivity index (χ2n) is 6.34. The molecule has 0 unspecified atom stereocenters. The van der Waals surface area contributed by atoms with Crippen LogP contribution >= 0.6 is 0 Å². The Kier molecular flexibility index (Phi) is 5.63. The number of nitrogens with one attached hydrogen (secondary N) is 1. The zero-order chi connectivity index (χ0) is 17.6. The molecule has 0 saturated heterocycles. The quantitative estimate of drug-likeness (QED) is 0.854. The third-order valence-electron chi connectivity index (χ3n) is 3.06. The van der Waals surface area contributed by atoms with E-state index in [1.165, 1.54) is 6.20 Å². The van der Waals surface area contributed by atoms with Crippen molar-refractivity contribution in [2.45, 2.75) is 39.2 Å². The number of aryl methyl sites for hydroxylation is 1. The smallest absolute Gasteiger partial charge is 0.340 e. The van der Waals surface area contributed by atoms with Gasteiger partial charge in [-0.3, -0.25) is 9.78 Å². The minimum Gasteiger partial charge on any atom is -0.456 e. The SMILES string of the molecule is CC(C)(C)OC(=O)c1ccc(NC(=O)CCc2ccncc2)nc1. The van der Waals surface area contributed by atoms with Crippen LogP contribution in [0.15, 0.2) is 42.9 Å². The monoisotopic (exact) mass is 327 g/mol. The van der Waals surface area contributed by atoms with Crippen LogP contribution in [0, 0.1) is 0 Å². The first-order chi connectivity index (χ1) is 11.3. The van der Waals surface area contributed by atoms with E-state index in [1.807, 2.05) is 12.1 Å². The molecule has 0 aliphatic carbocycles. The van der Waals surface area contributed by atoms with Gasteiger partial charge in [0.1, 0.15) is 11.4 Å². The number of esters is 1. The minimum atomic E-state index is -0.559. The summed E-state index contributed by atoms with van der Waals surface area (Å²) in [5, 5.41) is 2.71. The summed E-state index contributed by atoms with van der Waals surface area (Å²) in [6, 6.07) is 6.92. The molecule has 0 atom stereocenters. The Balaban J connectivity index is 1.87. The molecule has 0 aliphatic rings. The number of carbonyl (C=O) groups is 2. The summed E-state index contributed by atoms with van der Waals surface area (Å²) >= 11 is 0. The predicted octanol–water partition coefficient (Wildman–Crippen LogP) is 3.00. The van der Waals surface area contributed by atoms with Crippen LogP contribution in [0.2, 0.25) is 0 Å². The Morgan fingerprint density at radius 1 is 1.12 bits per heavy atom. The molecule has 2 heterocycles. The van der Waals surface area contributed by atoms with E-state index in [0.717, 1.165) is 5.56 Å². The molecular weight excluding hydrogens is 306 g/mol. The zero-order valence-corrected chi connectivity index (χ0v) is 14.1. The Hall–Kier alpha value is -2.76. The molecule has 0 aromatic carbocycles. The number of aromatic nitrogens is 2. The first-order valence-electron chi connectivity index (χ1n) is 7.72. The van der Waals surface area contributed by atoms with Crippen LogP contribution in [0.4, 0.5) is 5.82 Å². The Bertz CT molecular complexity index is 692. The lowest BCUT2D eigenvalue weighted by atomic mass is 10.1. The van der Waals surface area contributed by atoms with Crippen LogP contribution in [0.1, 0.15) is 43.1 Å². The van der Waals surface area contributed by atoms with Gasteiger partial charge in [-0.15, -0.1) is 0 Å².